The Morgan fingerprint density at radius 1 is 1.28 bits per heavy atom. The van der Waals surface area contributed by atoms with Gasteiger partial charge in [0.2, 0.25) is 0 Å². The van der Waals surface area contributed by atoms with Crippen LogP contribution in [0, 0.1) is 0 Å². The fourth-order valence-corrected chi connectivity index (χ4v) is 1.78. The first kappa shape index (κ1) is 15.4. The van der Waals surface area contributed by atoms with E-state index in [1.807, 2.05) is 24.3 Å². The third kappa shape index (κ3) is 6.35. The van der Waals surface area contributed by atoms with Crippen LogP contribution in [-0.2, 0) is 4.74 Å². The van der Waals surface area contributed by atoms with E-state index in [-0.39, 0.29) is 0 Å². The highest BCUT2D eigenvalue weighted by molar-refractivity contribution is 9.10. The second-order valence-corrected chi connectivity index (χ2v) is 5.24. The molecule has 0 heterocycles. The molecule has 4 nitrogen and oxygen atoms in total. The average molecular weight is 319 g/mol. The minimum atomic E-state index is -0.479. The zero-order valence-electron chi connectivity index (χ0n) is 10.8. The van der Waals surface area contributed by atoms with Gasteiger partial charge >= 0.3 is 0 Å². The summed E-state index contributed by atoms with van der Waals surface area (Å²) in [7, 11) is 1.68. The first-order valence-corrected chi connectivity index (χ1v) is 6.79. The van der Waals surface area contributed by atoms with E-state index in [0.717, 1.165) is 10.2 Å². The van der Waals surface area contributed by atoms with Crippen molar-refractivity contribution in [1.29, 1.82) is 0 Å². The number of nitrogens with two attached hydrogens (primary N) is 1. The van der Waals surface area contributed by atoms with Crippen molar-refractivity contribution in [2.45, 2.75) is 19.1 Å². The minimum Gasteiger partial charge on any atom is -0.491 e. The van der Waals surface area contributed by atoms with Gasteiger partial charge in [-0.1, -0.05) is 15.9 Å². The van der Waals surface area contributed by atoms with Crippen molar-refractivity contribution in [3.8, 4) is 5.75 Å². The highest BCUT2D eigenvalue weighted by atomic mass is 79.9. The number of halogens is 1. The number of rotatable bonds is 8. The SMILES string of the molecule is COC[C@H](C)[NH2+]C[C@H](O)COc1ccc(Br)cc1. The molecule has 0 saturated heterocycles. The topological polar surface area (TPSA) is 55.3 Å². The zero-order valence-corrected chi connectivity index (χ0v) is 12.4. The molecule has 1 rings (SSSR count). The predicted octanol–water partition coefficient (Wildman–Crippen LogP) is 0.787. The van der Waals surface area contributed by atoms with E-state index in [9.17, 15) is 5.11 Å². The Hall–Kier alpha value is -0.620. The van der Waals surface area contributed by atoms with E-state index in [4.69, 9.17) is 9.47 Å². The van der Waals surface area contributed by atoms with Crippen molar-refractivity contribution in [1.82, 2.24) is 0 Å². The van der Waals surface area contributed by atoms with Gasteiger partial charge in [0, 0.05) is 11.6 Å². The summed E-state index contributed by atoms with van der Waals surface area (Å²) in [5, 5.41) is 11.8. The van der Waals surface area contributed by atoms with Gasteiger partial charge < -0.3 is 19.9 Å². The van der Waals surface area contributed by atoms with Crippen LogP contribution in [-0.4, -0.2) is 44.1 Å². The summed E-state index contributed by atoms with van der Waals surface area (Å²) in [6.45, 7) is 3.66. The van der Waals surface area contributed by atoms with Crippen molar-refractivity contribution in [3.63, 3.8) is 0 Å². The van der Waals surface area contributed by atoms with Gasteiger partial charge in [0.25, 0.3) is 0 Å². The van der Waals surface area contributed by atoms with Crippen LogP contribution in [0.2, 0.25) is 0 Å². The Bertz CT molecular complexity index is 332. The molecule has 0 amide bonds. The van der Waals surface area contributed by atoms with E-state index >= 15 is 0 Å². The highest BCUT2D eigenvalue weighted by Crippen LogP contribution is 2.15. The Balaban J connectivity index is 2.20. The monoisotopic (exact) mass is 318 g/mol. The van der Waals surface area contributed by atoms with Crippen LogP contribution < -0.4 is 10.1 Å². The summed E-state index contributed by atoms with van der Waals surface area (Å²) in [6.07, 6.45) is -0.479. The van der Waals surface area contributed by atoms with Crippen LogP contribution in [0.3, 0.4) is 0 Å². The molecule has 0 bridgehead atoms. The van der Waals surface area contributed by atoms with Crippen LogP contribution in [0.5, 0.6) is 5.75 Å². The summed E-state index contributed by atoms with van der Waals surface area (Å²) >= 11 is 3.36. The molecule has 0 radical (unpaired) electrons. The van der Waals surface area contributed by atoms with Gasteiger partial charge in [0.05, 0.1) is 6.61 Å². The molecule has 5 heteroatoms. The summed E-state index contributed by atoms with van der Waals surface area (Å²) in [5.41, 5.74) is 0. The van der Waals surface area contributed by atoms with Crippen LogP contribution in [0.1, 0.15) is 6.92 Å². The molecule has 102 valence electrons. The van der Waals surface area contributed by atoms with E-state index in [0.29, 0.717) is 25.8 Å². The molecule has 1 aromatic rings. The van der Waals surface area contributed by atoms with Crippen LogP contribution in [0.15, 0.2) is 28.7 Å². The van der Waals surface area contributed by atoms with E-state index in [1.54, 1.807) is 7.11 Å². The molecule has 0 aliphatic carbocycles. The maximum atomic E-state index is 9.78. The molecule has 1 aromatic carbocycles. The molecule has 0 aliphatic rings. The second kappa shape index (κ2) is 8.48. The highest BCUT2D eigenvalue weighted by Gasteiger charge is 2.11. The maximum Gasteiger partial charge on any atom is 0.137 e. The van der Waals surface area contributed by atoms with Gasteiger partial charge in [-0.05, 0) is 31.2 Å². The summed E-state index contributed by atoms with van der Waals surface area (Å²) in [6, 6.07) is 7.91. The largest absolute Gasteiger partial charge is 0.491 e. The standard InChI is InChI=1S/C13H20BrNO3/c1-10(8-17-2)15-7-12(16)9-18-13-5-3-11(14)4-6-13/h3-6,10,12,15-16H,7-9H2,1-2H3/p+1/t10-,12-/m0/s1. The Morgan fingerprint density at radius 3 is 2.56 bits per heavy atom. The van der Waals surface area contributed by atoms with Gasteiger partial charge in [-0.25, -0.2) is 0 Å². The van der Waals surface area contributed by atoms with Crippen LogP contribution in [0.4, 0.5) is 0 Å². The number of hydrogen-bond acceptors (Lipinski definition) is 3. The van der Waals surface area contributed by atoms with Gasteiger partial charge in [-0.15, -0.1) is 0 Å². The lowest BCUT2D eigenvalue weighted by molar-refractivity contribution is -0.693. The maximum absolute atomic E-state index is 9.78. The van der Waals surface area contributed by atoms with Gasteiger partial charge in [0.1, 0.15) is 31.0 Å². The zero-order chi connectivity index (χ0) is 13.4. The number of quaternary nitrogens is 1. The lowest BCUT2D eigenvalue weighted by Crippen LogP contribution is -2.92. The number of ether oxygens (including phenoxy) is 2. The van der Waals surface area contributed by atoms with E-state index < -0.39 is 6.10 Å². The lowest BCUT2D eigenvalue weighted by atomic mass is 10.3. The summed E-state index contributed by atoms with van der Waals surface area (Å²) in [4.78, 5) is 0. The summed E-state index contributed by atoms with van der Waals surface area (Å²) < 4.78 is 11.5. The van der Waals surface area contributed by atoms with E-state index in [2.05, 4.69) is 28.2 Å². The smallest absolute Gasteiger partial charge is 0.137 e. The summed E-state index contributed by atoms with van der Waals surface area (Å²) in [5.74, 6) is 0.766. The Morgan fingerprint density at radius 2 is 1.94 bits per heavy atom. The fraction of sp³-hybridized carbons (Fsp3) is 0.538. The van der Waals surface area contributed by atoms with Crippen molar-refractivity contribution in [2.75, 3.05) is 26.9 Å². The third-order valence-electron chi connectivity index (χ3n) is 2.50. The van der Waals surface area contributed by atoms with Crippen molar-refractivity contribution in [3.05, 3.63) is 28.7 Å². The van der Waals surface area contributed by atoms with E-state index in [1.165, 1.54) is 0 Å². The molecule has 0 saturated carbocycles. The lowest BCUT2D eigenvalue weighted by Gasteiger charge is -2.14. The van der Waals surface area contributed by atoms with Gasteiger partial charge in [-0.2, -0.15) is 0 Å². The van der Waals surface area contributed by atoms with Gasteiger partial charge in [-0.3, -0.25) is 0 Å². The molecular formula is C13H21BrNO3+. The van der Waals surface area contributed by atoms with Crippen molar-refractivity contribution < 1.29 is 19.9 Å². The molecule has 18 heavy (non-hydrogen) atoms. The molecule has 3 N–H and O–H groups in total. The third-order valence-corrected chi connectivity index (χ3v) is 3.02. The van der Waals surface area contributed by atoms with Crippen LogP contribution in [0.25, 0.3) is 0 Å². The fourth-order valence-electron chi connectivity index (χ4n) is 1.51. The predicted molar refractivity (Wildman–Crippen MR) is 73.8 cm³/mol. The number of benzene rings is 1. The minimum absolute atomic E-state index is 0.303. The van der Waals surface area contributed by atoms with Crippen LogP contribution >= 0.6 is 15.9 Å². The second-order valence-electron chi connectivity index (χ2n) is 4.32. The molecule has 0 aliphatic heterocycles. The Kier molecular flexibility index (Phi) is 7.27. The first-order valence-electron chi connectivity index (χ1n) is 6.00. The first-order chi connectivity index (χ1) is 8.61. The number of hydrogen-bond donors (Lipinski definition) is 2. The quantitative estimate of drug-likeness (QED) is 0.745. The molecule has 0 unspecified atom stereocenters. The molecule has 2 atom stereocenters. The van der Waals surface area contributed by atoms with Crippen molar-refractivity contribution in [2.24, 2.45) is 0 Å². The molecule has 0 aromatic heterocycles. The number of aliphatic hydroxyl groups excluding tert-OH is 1. The normalized spacial score (nSPS) is 14.2. The van der Waals surface area contributed by atoms with Crippen molar-refractivity contribution >= 4 is 15.9 Å². The number of aliphatic hydroxyl groups is 1. The average Bonchev–Trinajstić information content (AvgIpc) is 2.36. The Labute approximate surface area is 116 Å². The molecular weight excluding hydrogens is 298 g/mol. The number of methoxy groups -OCH3 is 1. The molecule has 0 spiro atoms. The molecule has 0 fully saturated rings. The van der Waals surface area contributed by atoms with Gasteiger partial charge in [0.15, 0.2) is 0 Å².